The van der Waals surface area contributed by atoms with Gasteiger partial charge in [0.05, 0.1) is 19.8 Å². The summed E-state index contributed by atoms with van der Waals surface area (Å²) in [4.78, 5) is 12.7. The van der Waals surface area contributed by atoms with Crippen LogP contribution in [0.1, 0.15) is 206 Å². The van der Waals surface area contributed by atoms with Gasteiger partial charge in [0.15, 0.2) is 6.29 Å². The van der Waals surface area contributed by atoms with E-state index in [-0.39, 0.29) is 19.2 Å². The first-order chi connectivity index (χ1) is 26.4. The lowest BCUT2D eigenvalue weighted by molar-refractivity contribution is -0.305. The first-order valence-electron chi connectivity index (χ1n) is 22.8. The summed E-state index contributed by atoms with van der Waals surface area (Å²) in [5.74, 6) is -0.321. The molecule has 1 saturated heterocycles. The van der Waals surface area contributed by atoms with Crippen LogP contribution in [0.3, 0.4) is 0 Å². The molecule has 1 fully saturated rings. The van der Waals surface area contributed by atoms with Crippen LogP contribution in [0.15, 0.2) is 12.2 Å². The molecule has 0 aromatic rings. The van der Waals surface area contributed by atoms with Crippen molar-refractivity contribution in [3.63, 3.8) is 0 Å². The largest absolute Gasteiger partial charge is 0.457 e. The molecule has 0 radical (unpaired) electrons. The highest BCUT2D eigenvalue weighted by Crippen LogP contribution is 2.23. The monoisotopic (exact) mass is 771 g/mol. The van der Waals surface area contributed by atoms with Crippen LogP contribution in [0.5, 0.6) is 0 Å². The molecular weight excluding hydrogens is 684 g/mol. The second kappa shape index (κ2) is 37.5. The molecule has 0 spiro atoms. The summed E-state index contributed by atoms with van der Waals surface area (Å²) >= 11 is 0. The van der Waals surface area contributed by atoms with Gasteiger partial charge in [-0.1, -0.05) is 180 Å². The van der Waals surface area contributed by atoms with Crippen molar-refractivity contribution in [3.05, 3.63) is 12.2 Å². The lowest BCUT2D eigenvalue weighted by Gasteiger charge is -2.39. The van der Waals surface area contributed by atoms with E-state index in [1.807, 2.05) is 0 Å². The molecule has 54 heavy (non-hydrogen) atoms. The number of aliphatic hydroxyl groups excluding tert-OH is 4. The van der Waals surface area contributed by atoms with Crippen molar-refractivity contribution < 1.29 is 44.2 Å². The minimum absolute atomic E-state index is 0.112. The summed E-state index contributed by atoms with van der Waals surface area (Å²) in [6.07, 6.45) is 33.9. The Morgan fingerprint density at radius 2 is 1.04 bits per heavy atom. The van der Waals surface area contributed by atoms with Gasteiger partial charge in [-0.05, 0) is 32.1 Å². The van der Waals surface area contributed by atoms with E-state index in [4.69, 9.17) is 18.9 Å². The number of unbranched alkanes of at least 4 members (excludes halogenated alkanes) is 26. The number of rotatable bonds is 39. The van der Waals surface area contributed by atoms with Gasteiger partial charge in [-0.15, -0.1) is 0 Å². The minimum Gasteiger partial charge on any atom is -0.457 e. The maximum atomic E-state index is 12.7. The van der Waals surface area contributed by atoms with E-state index in [1.54, 1.807) is 0 Å². The zero-order chi connectivity index (χ0) is 39.3. The minimum atomic E-state index is -1.53. The topological polar surface area (TPSA) is 135 Å². The van der Waals surface area contributed by atoms with Crippen LogP contribution in [0.4, 0.5) is 0 Å². The van der Waals surface area contributed by atoms with Crippen molar-refractivity contribution in [2.75, 3.05) is 26.4 Å². The van der Waals surface area contributed by atoms with Gasteiger partial charge in [-0.3, -0.25) is 4.79 Å². The summed E-state index contributed by atoms with van der Waals surface area (Å²) in [6.45, 7) is 4.54. The molecule has 0 bridgehead atoms. The second-order valence-electron chi connectivity index (χ2n) is 15.9. The lowest BCUT2D eigenvalue weighted by Crippen LogP contribution is -2.59. The van der Waals surface area contributed by atoms with Crippen LogP contribution in [0, 0.1) is 0 Å². The Kier molecular flexibility index (Phi) is 35.4. The summed E-state index contributed by atoms with van der Waals surface area (Å²) in [5.41, 5.74) is 0. The summed E-state index contributed by atoms with van der Waals surface area (Å²) in [7, 11) is 0. The fraction of sp³-hybridized carbons (Fsp3) is 0.933. The molecule has 0 saturated carbocycles. The van der Waals surface area contributed by atoms with Gasteiger partial charge in [0.1, 0.15) is 30.5 Å². The SMILES string of the molecule is CCCC/C=C\CCCCCCCC(=O)OC(COCCCCCCCCCCCCCCCCCCCCCC)COC1OC(CO)C(O)C(O)C1O. The Morgan fingerprint density at radius 3 is 1.56 bits per heavy atom. The van der Waals surface area contributed by atoms with Gasteiger partial charge >= 0.3 is 5.97 Å². The number of ether oxygens (including phenoxy) is 4. The average molecular weight is 771 g/mol. The Bertz CT molecular complexity index is 838. The molecule has 6 atom stereocenters. The van der Waals surface area contributed by atoms with Crippen LogP contribution in [-0.4, -0.2) is 89.6 Å². The van der Waals surface area contributed by atoms with Crippen molar-refractivity contribution in [2.24, 2.45) is 0 Å². The lowest BCUT2D eigenvalue weighted by atomic mass is 9.99. The molecule has 0 aromatic heterocycles. The highest BCUT2D eigenvalue weighted by Gasteiger charge is 2.44. The van der Waals surface area contributed by atoms with Crippen molar-refractivity contribution >= 4 is 5.97 Å². The number of allylic oxidation sites excluding steroid dienone is 2. The zero-order valence-corrected chi connectivity index (χ0v) is 35.0. The van der Waals surface area contributed by atoms with Crippen LogP contribution in [0.25, 0.3) is 0 Å². The van der Waals surface area contributed by atoms with Gasteiger partial charge in [0, 0.05) is 13.0 Å². The van der Waals surface area contributed by atoms with E-state index < -0.39 is 43.4 Å². The highest BCUT2D eigenvalue weighted by atomic mass is 16.7. The van der Waals surface area contributed by atoms with E-state index in [1.165, 1.54) is 135 Å². The Morgan fingerprint density at radius 1 is 0.574 bits per heavy atom. The fourth-order valence-corrected chi connectivity index (χ4v) is 7.06. The van der Waals surface area contributed by atoms with E-state index >= 15 is 0 Å². The summed E-state index contributed by atoms with van der Waals surface area (Å²) in [5, 5.41) is 40.1. The van der Waals surface area contributed by atoms with E-state index in [9.17, 15) is 25.2 Å². The molecule has 0 aromatic carbocycles. The van der Waals surface area contributed by atoms with Crippen LogP contribution in [0.2, 0.25) is 0 Å². The van der Waals surface area contributed by atoms with Crippen LogP contribution in [-0.2, 0) is 23.7 Å². The Labute approximate surface area is 331 Å². The number of carbonyl (C=O) groups is 1. The first kappa shape index (κ1) is 50.9. The Balaban J connectivity index is 2.20. The van der Waals surface area contributed by atoms with Crippen LogP contribution >= 0.6 is 0 Å². The number of hydrogen-bond acceptors (Lipinski definition) is 9. The molecule has 4 N–H and O–H groups in total. The van der Waals surface area contributed by atoms with Crippen molar-refractivity contribution in [2.45, 2.75) is 243 Å². The van der Waals surface area contributed by atoms with Gasteiger partial charge in [0.25, 0.3) is 0 Å². The normalized spacial score (nSPS) is 20.9. The highest BCUT2D eigenvalue weighted by molar-refractivity contribution is 5.69. The van der Waals surface area contributed by atoms with E-state index in [2.05, 4.69) is 26.0 Å². The molecule has 9 heteroatoms. The van der Waals surface area contributed by atoms with Gasteiger partial charge < -0.3 is 39.4 Å². The third-order valence-corrected chi connectivity index (χ3v) is 10.7. The molecule has 0 aliphatic carbocycles. The number of carbonyl (C=O) groups excluding carboxylic acids is 1. The maximum absolute atomic E-state index is 12.7. The smallest absolute Gasteiger partial charge is 0.306 e. The van der Waals surface area contributed by atoms with Crippen LogP contribution < -0.4 is 0 Å². The second-order valence-corrected chi connectivity index (χ2v) is 15.9. The van der Waals surface area contributed by atoms with Crippen molar-refractivity contribution in [3.8, 4) is 0 Å². The number of esters is 1. The van der Waals surface area contributed by atoms with E-state index in [0.717, 1.165) is 51.4 Å². The van der Waals surface area contributed by atoms with Crippen molar-refractivity contribution in [1.29, 1.82) is 0 Å². The maximum Gasteiger partial charge on any atom is 0.306 e. The molecule has 1 aliphatic heterocycles. The molecule has 320 valence electrons. The Hall–Kier alpha value is -1.07. The quantitative estimate of drug-likeness (QED) is 0.0274. The van der Waals surface area contributed by atoms with Gasteiger partial charge in [-0.25, -0.2) is 0 Å². The molecule has 0 amide bonds. The van der Waals surface area contributed by atoms with Crippen molar-refractivity contribution in [1.82, 2.24) is 0 Å². The molecule has 1 aliphatic rings. The average Bonchev–Trinajstić information content (AvgIpc) is 3.17. The van der Waals surface area contributed by atoms with Gasteiger partial charge in [0.2, 0.25) is 0 Å². The molecule has 6 unspecified atom stereocenters. The fourth-order valence-electron chi connectivity index (χ4n) is 7.06. The van der Waals surface area contributed by atoms with E-state index in [0.29, 0.717) is 13.0 Å². The molecule has 1 rings (SSSR count). The number of aliphatic hydroxyl groups is 4. The van der Waals surface area contributed by atoms with Gasteiger partial charge in [-0.2, -0.15) is 0 Å². The predicted octanol–water partition coefficient (Wildman–Crippen LogP) is 10.0. The predicted molar refractivity (Wildman–Crippen MR) is 219 cm³/mol. The first-order valence-corrected chi connectivity index (χ1v) is 22.8. The summed E-state index contributed by atoms with van der Waals surface area (Å²) in [6, 6.07) is 0. The standard InChI is InChI=1S/C45H86O9/c1-3-5-7-9-11-13-15-16-17-18-19-20-21-22-23-25-27-29-31-33-35-51-37-39(38-52-45-44(50)43(49)42(48)40(36-46)54-45)53-41(47)34-32-30-28-26-24-14-12-10-8-6-4-2/h10,12,39-40,42-46,48-50H,3-9,11,13-38H2,1-2H3/b12-10-. The molecular formula is C45H86O9. The third-order valence-electron chi connectivity index (χ3n) is 10.7. The zero-order valence-electron chi connectivity index (χ0n) is 35.0. The third kappa shape index (κ3) is 28.3. The summed E-state index contributed by atoms with van der Waals surface area (Å²) < 4.78 is 22.8. The molecule has 9 nitrogen and oxygen atoms in total. The molecule has 1 heterocycles. The number of hydrogen-bond donors (Lipinski definition) is 4.